The SMILES string of the molecule is CCCCCn1nc(C(=O)NNC(=O)C[C@@](O)(c2ccccc2)C(F)(F)F)c2ccccc2c1=O. The van der Waals surface area contributed by atoms with E-state index in [9.17, 15) is 32.7 Å². The van der Waals surface area contributed by atoms with Gasteiger partial charge in [0.05, 0.1) is 11.8 Å². The van der Waals surface area contributed by atoms with Gasteiger partial charge < -0.3 is 5.11 Å². The summed E-state index contributed by atoms with van der Waals surface area (Å²) in [5.74, 6) is -2.20. The molecule has 0 fully saturated rings. The lowest BCUT2D eigenvalue weighted by Crippen LogP contribution is -2.49. The second-order valence-corrected chi connectivity index (χ2v) is 8.03. The molecule has 0 radical (unpaired) electrons. The van der Waals surface area contributed by atoms with Gasteiger partial charge in [0, 0.05) is 11.9 Å². The van der Waals surface area contributed by atoms with Gasteiger partial charge in [0.2, 0.25) is 5.91 Å². The Labute approximate surface area is 198 Å². The van der Waals surface area contributed by atoms with Crippen molar-refractivity contribution in [2.75, 3.05) is 0 Å². The lowest BCUT2D eigenvalue weighted by atomic mass is 9.89. The standard InChI is InChI=1S/C24H25F3N4O4/c1-2-3-9-14-31-22(34)18-13-8-7-12-17(18)20(30-31)21(33)29-28-19(32)15-23(35,24(25,26)27)16-10-5-4-6-11-16/h4-8,10-13,35H,2-3,9,14-15H2,1H3,(H,28,32)(H,29,33)/t23-/m1/s1. The summed E-state index contributed by atoms with van der Waals surface area (Å²) < 4.78 is 42.1. The van der Waals surface area contributed by atoms with Gasteiger partial charge in [-0.15, -0.1) is 0 Å². The quantitative estimate of drug-likeness (QED) is 0.332. The summed E-state index contributed by atoms with van der Waals surface area (Å²) >= 11 is 0. The molecule has 0 saturated heterocycles. The second kappa shape index (κ2) is 10.7. The Morgan fingerprint density at radius 3 is 2.23 bits per heavy atom. The third-order valence-electron chi connectivity index (χ3n) is 5.51. The summed E-state index contributed by atoms with van der Waals surface area (Å²) in [5.41, 5.74) is -0.586. The van der Waals surface area contributed by atoms with Crippen LogP contribution in [0.1, 0.15) is 48.7 Å². The van der Waals surface area contributed by atoms with E-state index >= 15 is 0 Å². The Kier molecular flexibility index (Phi) is 7.90. The normalized spacial score (nSPS) is 13.3. The molecule has 0 aliphatic heterocycles. The molecule has 3 aromatic rings. The fraction of sp³-hybridized carbons (Fsp3) is 0.333. The van der Waals surface area contributed by atoms with Crippen LogP contribution in [0.5, 0.6) is 0 Å². The number of halogens is 3. The van der Waals surface area contributed by atoms with E-state index in [1.807, 2.05) is 17.8 Å². The Bertz CT molecular complexity index is 1260. The average molecular weight is 490 g/mol. The fourth-order valence-corrected chi connectivity index (χ4v) is 3.61. The number of aromatic nitrogens is 2. The van der Waals surface area contributed by atoms with E-state index in [-0.39, 0.29) is 28.6 Å². The van der Waals surface area contributed by atoms with Gasteiger partial charge >= 0.3 is 6.18 Å². The highest BCUT2D eigenvalue weighted by Crippen LogP contribution is 2.41. The Hall–Kier alpha value is -3.73. The molecule has 0 bridgehead atoms. The zero-order chi connectivity index (χ0) is 25.6. The zero-order valence-electron chi connectivity index (χ0n) is 18.9. The fourth-order valence-electron chi connectivity index (χ4n) is 3.61. The highest BCUT2D eigenvalue weighted by molar-refractivity contribution is 6.05. The van der Waals surface area contributed by atoms with Crippen molar-refractivity contribution in [3.05, 3.63) is 76.2 Å². The van der Waals surface area contributed by atoms with Crippen molar-refractivity contribution in [2.45, 2.75) is 50.9 Å². The highest BCUT2D eigenvalue weighted by Gasteiger charge is 2.56. The maximum Gasteiger partial charge on any atom is 0.421 e. The van der Waals surface area contributed by atoms with Crippen LogP contribution >= 0.6 is 0 Å². The maximum absolute atomic E-state index is 13.6. The molecule has 0 aliphatic rings. The molecule has 1 atom stereocenters. The van der Waals surface area contributed by atoms with Gasteiger partial charge in [-0.05, 0) is 18.1 Å². The van der Waals surface area contributed by atoms with Crippen LogP contribution in [0, 0.1) is 0 Å². The number of aryl methyl sites for hydroxylation is 1. The Balaban J connectivity index is 1.81. The van der Waals surface area contributed by atoms with E-state index < -0.39 is 35.6 Å². The highest BCUT2D eigenvalue weighted by atomic mass is 19.4. The second-order valence-electron chi connectivity index (χ2n) is 8.03. The Morgan fingerprint density at radius 2 is 1.60 bits per heavy atom. The summed E-state index contributed by atoms with van der Waals surface area (Å²) in [5, 5.41) is 14.9. The van der Waals surface area contributed by atoms with Gasteiger partial charge in [-0.3, -0.25) is 25.2 Å². The number of nitrogens with one attached hydrogen (secondary N) is 2. The summed E-state index contributed by atoms with van der Waals surface area (Å²) in [6.07, 6.45) is -4.11. The number of nitrogens with zero attached hydrogens (tertiary/aromatic N) is 2. The van der Waals surface area contributed by atoms with Crippen molar-refractivity contribution in [1.29, 1.82) is 0 Å². The number of fused-ring (bicyclic) bond motifs is 1. The number of rotatable bonds is 8. The van der Waals surface area contributed by atoms with E-state index in [0.717, 1.165) is 29.7 Å². The molecule has 186 valence electrons. The smallest absolute Gasteiger partial charge is 0.376 e. The predicted octanol–water partition coefficient (Wildman–Crippen LogP) is 3.19. The molecule has 1 heterocycles. The number of hydrazine groups is 1. The molecule has 35 heavy (non-hydrogen) atoms. The minimum Gasteiger partial charge on any atom is -0.376 e. The molecular formula is C24H25F3N4O4. The van der Waals surface area contributed by atoms with Crippen LogP contribution in [0.25, 0.3) is 10.8 Å². The van der Waals surface area contributed by atoms with Gasteiger partial charge in [-0.2, -0.15) is 18.3 Å². The van der Waals surface area contributed by atoms with Crippen molar-refractivity contribution >= 4 is 22.6 Å². The van der Waals surface area contributed by atoms with Crippen LogP contribution in [-0.2, 0) is 16.9 Å². The number of aliphatic hydroxyl groups is 1. The molecule has 0 spiro atoms. The number of benzene rings is 2. The van der Waals surface area contributed by atoms with Crippen molar-refractivity contribution < 1.29 is 27.9 Å². The van der Waals surface area contributed by atoms with Crippen LogP contribution in [-0.4, -0.2) is 32.9 Å². The molecule has 8 nitrogen and oxygen atoms in total. The largest absolute Gasteiger partial charge is 0.421 e. The van der Waals surface area contributed by atoms with Gasteiger partial charge in [-0.25, -0.2) is 4.68 Å². The van der Waals surface area contributed by atoms with Crippen LogP contribution in [0.4, 0.5) is 13.2 Å². The molecule has 11 heteroatoms. The predicted molar refractivity (Wildman–Crippen MR) is 122 cm³/mol. The molecular weight excluding hydrogens is 465 g/mol. The lowest BCUT2D eigenvalue weighted by Gasteiger charge is -2.30. The molecule has 1 aromatic heterocycles. The summed E-state index contributed by atoms with van der Waals surface area (Å²) in [4.78, 5) is 37.8. The van der Waals surface area contributed by atoms with Crippen LogP contribution in [0.2, 0.25) is 0 Å². The van der Waals surface area contributed by atoms with Crippen molar-refractivity contribution in [1.82, 2.24) is 20.6 Å². The number of carbonyl (C=O) groups is 2. The number of amides is 2. The van der Waals surface area contributed by atoms with Crippen LogP contribution in [0.3, 0.4) is 0 Å². The third-order valence-corrected chi connectivity index (χ3v) is 5.51. The molecule has 0 unspecified atom stereocenters. The maximum atomic E-state index is 13.6. The van der Waals surface area contributed by atoms with Crippen molar-refractivity contribution in [2.24, 2.45) is 0 Å². The van der Waals surface area contributed by atoms with Gasteiger partial charge in [-0.1, -0.05) is 68.3 Å². The van der Waals surface area contributed by atoms with Gasteiger partial charge in [0.15, 0.2) is 11.3 Å². The molecule has 2 aromatic carbocycles. The minimum atomic E-state index is -5.15. The monoisotopic (exact) mass is 490 g/mol. The van der Waals surface area contributed by atoms with Crippen molar-refractivity contribution in [3.63, 3.8) is 0 Å². The minimum absolute atomic E-state index is 0.175. The number of carbonyl (C=O) groups excluding carboxylic acids is 2. The lowest BCUT2D eigenvalue weighted by molar-refractivity contribution is -0.267. The van der Waals surface area contributed by atoms with Gasteiger partial charge in [0.1, 0.15) is 0 Å². The molecule has 0 saturated carbocycles. The molecule has 0 aliphatic carbocycles. The number of unbranched alkanes of at least 4 members (excludes halogenated alkanes) is 2. The Morgan fingerprint density at radius 1 is 0.971 bits per heavy atom. The molecule has 3 rings (SSSR count). The van der Waals surface area contributed by atoms with Crippen molar-refractivity contribution in [3.8, 4) is 0 Å². The number of hydrogen-bond donors (Lipinski definition) is 3. The average Bonchev–Trinajstić information content (AvgIpc) is 2.84. The zero-order valence-corrected chi connectivity index (χ0v) is 18.9. The van der Waals surface area contributed by atoms with Crippen LogP contribution < -0.4 is 16.4 Å². The summed E-state index contributed by atoms with van der Waals surface area (Å²) in [6, 6.07) is 12.5. The summed E-state index contributed by atoms with van der Waals surface area (Å²) in [6.45, 7) is 2.27. The van der Waals surface area contributed by atoms with E-state index in [2.05, 4.69) is 5.10 Å². The first-order valence-corrected chi connectivity index (χ1v) is 11.0. The van der Waals surface area contributed by atoms with Gasteiger partial charge in [0.25, 0.3) is 11.5 Å². The van der Waals surface area contributed by atoms with E-state index in [1.54, 1.807) is 12.1 Å². The molecule has 2 amide bonds. The first kappa shape index (κ1) is 25.9. The first-order valence-electron chi connectivity index (χ1n) is 11.0. The first-order chi connectivity index (χ1) is 16.6. The summed E-state index contributed by atoms with van der Waals surface area (Å²) in [7, 11) is 0. The number of alkyl halides is 3. The van der Waals surface area contributed by atoms with E-state index in [4.69, 9.17) is 0 Å². The topological polar surface area (TPSA) is 113 Å². The third kappa shape index (κ3) is 5.68. The van der Waals surface area contributed by atoms with Crippen LogP contribution in [0.15, 0.2) is 59.4 Å². The number of hydrogen-bond acceptors (Lipinski definition) is 5. The van der Waals surface area contributed by atoms with E-state index in [0.29, 0.717) is 6.42 Å². The molecule has 3 N–H and O–H groups in total. The van der Waals surface area contributed by atoms with E-state index in [1.165, 1.54) is 30.3 Å².